The quantitative estimate of drug-likeness (QED) is 0.817. The van der Waals surface area contributed by atoms with Crippen molar-refractivity contribution in [3.05, 3.63) is 52.3 Å². The number of hydrogen-bond acceptors (Lipinski definition) is 2. The van der Waals surface area contributed by atoms with Gasteiger partial charge in [-0.2, -0.15) is 5.10 Å². The van der Waals surface area contributed by atoms with Crippen molar-refractivity contribution < 1.29 is 0 Å². The lowest BCUT2D eigenvalue weighted by atomic mass is 10.0. The first-order chi connectivity index (χ1) is 9.61. The van der Waals surface area contributed by atoms with Gasteiger partial charge in [-0.1, -0.05) is 25.1 Å². The van der Waals surface area contributed by atoms with E-state index < -0.39 is 0 Å². The van der Waals surface area contributed by atoms with Gasteiger partial charge >= 0.3 is 0 Å². The zero-order valence-electron chi connectivity index (χ0n) is 13.0. The van der Waals surface area contributed by atoms with Gasteiger partial charge in [-0.25, -0.2) is 0 Å². The van der Waals surface area contributed by atoms with Gasteiger partial charge in [0.05, 0.1) is 12.2 Å². The minimum absolute atomic E-state index is 0.854. The summed E-state index contributed by atoms with van der Waals surface area (Å²) in [4.78, 5) is 0. The number of rotatable bonds is 6. The number of aryl methyl sites for hydroxylation is 3. The molecule has 0 spiro atoms. The molecule has 0 aliphatic rings. The van der Waals surface area contributed by atoms with Crippen LogP contribution < -0.4 is 5.32 Å². The zero-order chi connectivity index (χ0) is 14.5. The summed E-state index contributed by atoms with van der Waals surface area (Å²) in [5, 5.41) is 8.08. The molecule has 3 nitrogen and oxygen atoms in total. The van der Waals surface area contributed by atoms with Crippen molar-refractivity contribution in [3.63, 3.8) is 0 Å². The second-order valence-corrected chi connectivity index (χ2v) is 5.48. The van der Waals surface area contributed by atoms with E-state index in [2.05, 4.69) is 67.2 Å². The molecule has 0 bridgehead atoms. The van der Waals surface area contributed by atoms with Gasteiger partial charge in [0.15, 0.2) is 0 Å². The molecular formula is C17H25N3. The minimum atomic E-state index is 0.854. The molecule has 0 aliphatic heterocycles. The molecule has 1 aromatic carbocycles. The lowest BCUT2D eigenvalue weighted by Gasteiger charge is -2.09. The van der Waals surface area contributed by atoms with E-state index in [1.165, 1.54) is 22.3 Å². The summed E-state index contributed by atoms with van der Waals surface area (Å²) >= 11 is 0. The third-order valence-corrected chi connectivity index (χ3v) is 3.75. The van der Waals surface area contributed by atoms with E-state index in [0.717, 1.165) is 31.7 Å². The molecule has 0 aliphatic carbocycles. The molecule has 0 unspecified atom stereocenters. The van der Waals surface area contributed by atoms with Crippen molar-refractivity contribution in [3.8, 4) is 0 Å². The highest BCUT2D eigenvalue weighted by Crippen LogP contribution is 2.15. The topological polar surface area (TPSA) is 29.9 Å². The molecule has 1 N–H and O–H groups in total. The van der Waals surface area contributed by atoms with E-state index in [1.807, 2.05) is 0 Å². The zero-order valence-corrected chi connectivity index (χ0v) is 13.0. The summed E-state index contributed by atoms with van der Waals surface area (Å²) in [6.07, 6.45) is 3.33. The van der Waals surface area contributed by atoms with Crippen LogP contribution in [0.25, 0.3) is 0 Å². The van der Waals surface area contributed by atoms with Crippen molar-refractivity contribution >= 4 is 0 Å². The molecule has 2 rings (SSSR count). The largest absolute Gasteiger partial charge is 0.313 e. The van der Waals surface area contributed by atoms with E-state index in [1.54, 1.807) is 0 Å². The van der Waals surface area contributed by atoms with Crippen LogP contribution in [0.5, 0.6) is 0 Å². The van der Waals surface area contributed by atoms with E-state index in [-0.39, 0.29) is 0 Å². The maximum Gasteiger partial charge on any atom is 0.0664 e. The highest BCUT2D eigenvalue weighted by molar-refractivity contribution is 5.33. The van der Waals surface area contributed by atoms with Crippen LogP contribution in [-0.2, 0) is 13.1 Å². The predicted molar refractivity (Wildman–Crippen MR) is 84.0 cm³/mol. The van der Waals surface area contributed by atoms with Gasteiger partial charge in [-0.05, 0) is 50.4 Å². The Bertz CT molecular complexity index is 549. The Labute approximate surface area is 122 Å². The highest BCUT2D eigenvalue weighted by atomic mass is 15.3. The van der Waals surface area contributed by atoms with Gasteiger partial charge in [-0.3, -0.25) is 4.68 Å². The van der Waals surface area contributed by atoms with Crippen molar-refractivity contribution in [1.82, 2.24) is 15.1 Å². The third-order valence-electron chi connectivity index (χ3n) is 3.75. The fourth-order valence-electron chi connectivity index (χ4n) is 2.47. The maximum atomic E-state index is 4.64. The molecule has 1 heterocycles. The van der Waals surface area contributed by atoms with Crippen LogP contribution in [0.3, 0.4) is 0 Å². The molecule has 3 heteroatoms. The summed E-state index contributed by atoms with van der Waals surface area (Å²) in [7, 11) is 0. The number of aromatic nitrogens is 2. The van der Waals surface area contributed by atoms with Crippen LogP contribution >= 0.6 is 0 Å². The molecule has 2 aromatic rings. The van der Waals surface area contributed by atoms with E-state index in [0.29, 0.717) is 0 Å². The fraction of sp³-hybridized carbons (Fsp3) is 0.471. The van der Waals surface area contributed by atoms with Gasteiger partial charge in [-0.15, -0.1) is 0 Å². The first kappa shape index (κ1) is 14.8. The van der Waals surface area contributed by atoms with Crippen molar-refractivity contribution in [1.29, 1.82) is 0 Å². The summed E-state index contributed by atoms with van der Waals surface area (Å²) in [5.74, 6) is 0. The lowest BCUT2D eigenvalue weighted by Crippen LogP contribution is -2.13. The number of hydrogen-bond donors (Lipinski definition) is 1. The maximum absolute atomic E-state index is 4.64. The van der Waals surface area contributed by atoms with E-state index in [9.17, 15) is 0 Å². The third kappa shape index (κ3) is 3.48. The number of benzene rings is 1. The Hall–Kier alpha value is -1.61. The first-order valence-corrected chi connectivity index (χ1v) is 7.40. The van der Waals surface area contributed by atoms with E-state index in [4.69, 9.17) is 0 Å². The average Bonchev–Trinajstić information content (AvgIpc) is 2.75. The summed E-state index contributed by atoms with van der Waals surface area (Å²) in [6, 6.07) is 6.45. The van der Waals surface area contributed by atoms with E-state index >= 15 is 0 Å². The number of nitrogens with zero attached hydrogens (tertiary/aromatic N) is 2. The van der Waals surface area contributed by atoms with Crippen molar-refractivity contribution in [2.24, 2.45) is 0 Å². The van der Waals surface area contributed by atoms with Crippen molar-refractivity contribution in [2.75, 3.05) is 6.54 Å². The van der Waals surface area contributed by atoms with Crippen LogP contribution in [0, 0.1) is 20.8 Å². The Morgan fingerprint density at radius 3 is 2.50 bits per heavy atom. The summed E-state index contributed by atoms with van der Waals surface area (Å²) in [5.41, 5.74) is 6.47. The minimum Gasteiger partial charge on any atom is -0.313 e. The van der Waals surface area contributed by atoms with Gasteiger partial charge in [0, 0.05) is 18.3 Å². The normalized spacial score (nSPS) is 11.0. The molecule has 108 valence electrons. The van der Waals surface area contributed by atoms with Crippen LogP contribution in [-0.4, -0.2) is 16.3 Å². The Balaban J connectivity index is 2.12. The molecule has 0 fully saturated rings. The van der Waals surface area contributed by atoms with Crippen molar-refractivity contribution in [2.45, 2.75) is 47.2 Å². The van der Waals surface area contributed by atoms with Gasteiger partial charge in [0.25, 0.3) is 0 Å². The molecule has 0 saturated heterocycles. The van der Waals surface area contributed by atoms with Crippen LogP contribution in [0.15, 0.2) is 24.4 Å². The predicted octanol–water partition coefficient (Wildman–Crippen LogP) is 3.36. The second kappa shape index (κ2) is 6.71. The molecular weight excluding hydrogens is 246 g/mol. The first-order valence-electron chi connectivity index (χ1n) is 7.40. The molecule has 0 amide bonds. The molecule has 0 atom stereocenters. The Morgan fingerprint density at radius 2 is 1.85 bits per heavy atom. The highest BCUT2D eigenvalue weighted by Gasteiger charge is 2.07. The Morgan fingerprint density at radius 1 is 1.15 bits per heavy atom. The molecule has 0 saturated carbocycles. The second-order valence-electron chi connectivity index (χ2n) is 5.48. The molecule has 0 radical (unpaired) electrons. The molecule has 20 heavy (non-hydrogen) atoms. The smallest absolute Gasteiger partial charge is 0.0664 e. The SMILES string of the molecule is CCCNCc1cn(Cc2c(C)cccc2C)nc1C. The number of nitrogens with one attached hydrogen (secondary N) is 1. The van der Waals surface area contributed by atoms with Crippen LogP contribution in [0.1, 0.15) is 41.3 Å². The standard InChI is InChI=1S/C17H25N3/c1-5-9-18-10-16-11-20(19-15(16)4)12-17-13(2)7-6-8-14(17)3/h6-8,11,18H,5,9-10,12H2,1-4H3. The van der Waals surface area contributed by atoms with Gasteiger partial charge < -0.3 is 5.32 Å². The fourth-order valence-corrected chi connectivity index (χ4v) is 2.47. The van der Waals surface area contributed by atoms with Crippen LogP contribution in [0.2, 0.25) is 0 Å². The lowest BCUT2D eigenvalue weighted by molar-refractivity contribution is 0.666. The van der Waals surface area contributed by atoms with Crippen LogP contribution in [0.4, 0.5) is 0 Å². The van der Waals surface area contributed by atoms with Gasteiger partial charge in [0.1, 0.15) is 0 Å². The monoisotopic (exact) mass is 271 g/mol. The average molecular weight is 271 g/mol. The Kier molecular flexibility index (Phi) is 4.96. The summed E-state index contributed by atoms with van der Waals surface area (Å²) in [6.45, 7) is 11.4. The molecule has 1 aromatic heterocycles. The summed E-state index contributed by atoms with van der Waals surface area (Å²) < 4.78 is 2.06. The van der Waals surface area contributed by atoms with Gasteiger partial charge in [0.2, 0.25) is 0 Å².